The molecule has 11 nitrogen and oxygen atoms in total. The average Bonchev–Trinajstić information content (AvgIpc) is 2.88. The molecule has 2 aliphatic rings. The van der Waals surface area contributed by atoms with Crippen LogP contribution in [0.2, 0.25) is 157 Å². The first kappa shape index (κ1) is 52.4. The van der Waals surface area contributed by atoms with E-state index in [2.05, 4.69) is 157 Å². The smallest absolute Gasteiger partial charge is 0.188 e. The van der Waals surface area contributed by atoms with Crippen molar-refractivity contribution in [3.63, 3.8) is 0 Å². The summed E-state index contributed by atoms with van der Waals surface area (Å²) < 4.78 is 77.3. The Morgan fingerprint density at radius 2 is 0.509 bits per heavy atom. The van der Waals surface area contributed by atoms with Crippen molar-refractivity contribution >= 4 is 66.5 Å². The Labute approximate surface area is 346 Å². The molecule has 0 unspecified atom stereocenters. The van der Waals surface area contributed by atoms with E-state index in [1.807, 2.05) is 0 Å². The zero-order valence-electron chi connectivity index (χ0n) is 39.7. The molecule has 2 aliphatic heterocycles. The third-order valence-electron chi connectivity index (χ3n) is 7.75. The first-order chi connectivity index (χ1) is 24.2. The number of rotatable bonds is 20. The van der Waals surface area contributed by atoms with Gasteiger partial charge in [0.05, 0.1) is 13.2 Å². The Morgan fingerprint density at radius 1 is 0.291 bits per heavy atom. The van der Waals surface area contributed by atoms with Crippen LogP contribution in [-0.4, -0.2) is 141 Å². The van der Waals surface area contributed by atoms with Crippen LogP contribution in [0.15, 0.2) is 0 Å². The quantitative estimate of drug-likeness (QED) is 0.109. The molecule has 2 heterocycles. The van der Waals surface area contributed by atoms with Crippen LogP contribution in [0.1, 0.15) is 0 Å². The molecule has 2 fully saturated rings. The molecule has 10 atom stereocenters. The standard InChI is InChI=1S/C36H86O11Si8/c1-48(2,3)37-25-27-29(42-50(7,8)9)31(44-52(13,14)15)33(46-54(19,20)21)35(39-27)41-36-34(47-55(22,23)24)32(45-53(16,17)18)30(43-51(10,11)12)28(40-36)26-38-49(4,5)6/h27-36H,25-26H2,1-24H3/t27-,28-,29-,30-,31+,32+,33-,34-,35-,36+/m1/s1. The summed E-state index contributed by atoms with van der Waals surface area (Å²) in [5.41, 5.74) is 0. The third kappa shape index (κ3) is 20.6. The van der Waals surface area contributed by atoms with Crippen molar-refractivity contribution in [3.05, 3.63) is 0 Å². The van der Waals surface area contributed by atoms with Crippen molar-refractivity contribution in [3.8, 4) is 0 Å². The maximum atomic E-state index is 7.26. The van der Waals surface area contributed by atoms with E-state index in [1.54, 1.807) is 0 Å². The van der Waals surface area contributed by atoms with Crippen LogP contribution in [-0.2, 0) is 49.6 Å². The highest BCUT2D eigenvalue weighted by Crippen LogP contribution is 2.39. The van der Waals surface area contributed by atoms with Gasteiger partial charge in [0.25, 0.3) is 0 Å². The first-order valence-electron chi connectivity index (χ1n) is 20.5. The Kier molecular flexibility index (Phi) is 18.2. The molecule has 328 valence electrons. The number of hydrogen-bond acceptors (Lipinski definition) is 11. The van der Waals surface area contributed by atoms with Gasteiger partial charge in [0.2, 0.25) is 0 Å². The predicted octanol–water partition coefficient (Wildman–Crippen LogP) is 9.48. The van der Waals surface area contributed by atoms with E-state index >= 15 is 0 Å². The van der Waals surface area contributed by atoms with Gasteiger partial charge in [0.15, 0.2) is 79.1 Å². The first-order valence-corrected chi connectivity index (χ1v) is 47.8. The average molecular weight is 920 g/mol. The molecule has 2 saturated heterocycles. The van der Waals surface area contributed by atoms with Gasteiger partial charge in [-0.2, -0.15) is 0 Å². The van der Waals surface area contributed by atoms with Crippen molar-refractivity contribution in [2.45, 2.75) is 219 Å². The van der Waals surface area contributed by atoms with Crippen LogP contribution in [0.5, 0.6) is 0 Å². The summed E-state index contributed by atoms with van der Waals surface area (Å²) in [7, 11) is -16.9. The highest BCUT2D eigenvalue weighted by atomic mass is 28.4. The topological polar surface area (TPSA) is 102 Å². The van der Waals surface area contributed by atoms with Crippen LogP contribution in [0.25, 0.3) is 0 Å². The van der Waals surface area contributed by atoms with Crippen molar-refractivity contribution in [2.75, 3.05) is 13.2 Å². The van der Waals surface area contributed by atoms with Gasteiger partial charge < -0.3 is 49.6 Å². The van der Waals surface area contributed by atoms with Gasteiger partial charge >= 0.3 is 0 Å². The van der Waals surface area contributed by atoms with Crippen molar-refractivity contribution in [1.29, 1.82) is 0 Å². The second-order valence-corrected chi connectivity index (χ2v) is 59.0. The molecular weight excluding hydrogens is 833 g/mol. The Balaban J connectivity index is 2.88. The minimum absolute atomic E-state index is 0.358. The fourth-order valence-electron chi connectivity index (χ4n) is 6.29. The molecule has 0 bridgehead atoms. The molecule has 0 aromatic heterocycles. The lowest BCUT2D eigenvalue weighted by Crippen LogP contribution is -2.69. The molecule has 19 heteroatoms. The molecule has 0 N–H and O–H groups in total. The van der Waals surface area contributed by atoms with Gasteiger partial charge in [0, 0.05) is 0 Å². The highest BCUT2D eigenvalue weighted by molar-refractivity contribution is 6.72. The summed E-state index contributed by atoms with van der Waals surface area (Å²) in [6, 6.07) is 0. The molecule has 0 radical (unpaired) electrons. The molecule has 0 aromatic rings. The van der Waals surface area contributed by atoms with Crippen molar-refractivity contribution in [1.82, 2.24) is 0 Å². The molecule has 0 aliphatic carbocycles. The number of ether oxygens (including phenoxy) is 3. The van der Waals surface area contributed by atoms with E-state index in [-0.39, 0.29) is 0 Å². The van der Waals surface area contributed by atoms with Crippen molar-refractivity contribution in [2.24, 2.45) is 0 Å². The van der Waals surface area contributed by atoms with Crippen LogP contribution >= 0.6 is 0 Å². The lowest BCUT2D eigenvalue weighted by molar-refractivity contribution is -0.368. The van der Waals surface area contributed by atoms with Gasteiger partial charge in [-0.05, 0) is 157 Å². The maximum absolute atomic E-state index is 7.26. The van der Waals surface area contributed by atoms with E-state index in [0.717, 1.165) is 0 Å². The second-order valence-electron chi connectivity index (χ2n) is 23.2. The van der Waals surface area contributed by atoms with Crippen LogP contribution in [0, 0.1) is 0 Å². The van der Waals surface area contributed by atoms with E-state index < -0.39 is 128 Å². The molecular formula is C36H86O11Si8. The second kappa shape index (κ2) is 19.1. The molecule has 2 rings (SSSR count). The Morgan fingerprint density at radius 3 is 0.727 bits per heavy atom. The lowest BCUT2D eigenvalue weighted by Gasteiger charge is -2.54. The monoisotopic (exact) mass is 918 g/mol. The van der Waals surface area contributed by atoms with E-state index in [1.165, 1.54) is 0 Å². The SMILES string of the molecule is C[Si](C)(C)OC[C@H]1O[C@@H](O[C@H]2O[C@H](CO[Si](C)(C)C)[C@@H](O[Si](C)(C)C)[C@H](O[Si](C)(C)C)[C@H]2O[Si](C)(C)C)[C@H](O[Si](C)(C)C)[C@@H](O[Si](C)(C)C)[C@@H]1O[Si](C)(C)C. The largest absolute Gasteiger partial charge is 0.415 e. The highest BCUT2D eigenvalue weighted by Gasteiger charge is 2.57. The summed E-state index contributed by atoms with van der Waals surface area (Å²) in [4.78, 5) is 0. The fraction of sp³-hybridized carbons (Fsp3) is 1.00. The Hall–Kier alpha value is 1.30. The predicted molar refractivity (Wildman–Crippen MR) is 246 cm³/mol. The molecule has 0 saturated carbocycles. The van der Waals surface area contributed by atoms with E-state index in [4.69, 9.17) is 49.6 Å². The summed E-state index contributed by atoms with van der Waals surface area (Å²) in [6.45, 7) is 53.6. The lowest BCUT2D eigenvalue weighted by atomic mass is 9.98. The molecule has 0 aromatic carbocycles. The van der Waals surface area contributed by atoms with E-state index in [0.29, 0.717) is 13.2 Å². The minimum atomic E-state index is -2.22. The van der Waals surface area contributed by atoms with Gasteiger partial charge in [0.1, 0.15) is 48.8 Å². The maximum Gasteiger partial charge on any atom is 0.188 e. The summed E-state index contributed by atoms with van der Waals surface area (Å²) >= 11 is 0. The molecule has 0 spiro atoms. The third-order valence-corrected chi connectivity index (χ3v) is 15.7. The summed E-state index contributed by atoms with van der Waals surface area (Å²) in [5.74, 6) is 0. The van der Waals surface area contributed by atoms with Gasteiger partial charge in [-0.1, -0.05) is 0 Å². The normalized spacial score (nSPS) is 31.2. The van der Waals surface area contributed by atoms with Crippen molar-refractivity contribution < 1.29 is 49.6 Å². The van der Waals surface area contributed by atoms with Crippen LogP contribution in [0.4, 0.5) is 0 Å². The summed E-state index contributed by atoms with van der Waals surface area (Å²) in [5, 5.41) is 0. The Bertz CT molecular complexity index is 1090. The van der Waals surface area contributed by atoms with Crippen LogP contribution in [0.3, 0.4) is 0 Å². The van der Waals surface area contributed by atoms with Gasteiger partial charge in [-0.25, -0.2) is 0 Å². The molecule has 0 amide bonds. The molecule has 55 heavy (non-hydrogen) atoms. The van der Waals surface area contributed by atoms with Gasteiger partial charge in [-0.15, -0.1) is 0 Å². The van der Waals surface area contributed by atoms with Gasteiger partial charge in [-0.3, -0.25) is 0 Å². The zero-order chi connectivity index (χ0) is 43.0. The van der Waals surface area contributed by atoms with E-state index in [9.17, 15) is 0 Å². The number of hydrogen-bond donors (Lipinski definition) is 0. The summed E-state index contributed by atoms with van der Waals surface area (Å²) in [6.07, 6.45) is -5.59. The zero-order valence-corrected chi connectivity index (χ0v) is 47.7. The van der Waals surface area contributed by atoms with Crippen LogP contribution < -0.4 is 0 Å². The minimum Gasteiger partial charge on any atom is -0.415 e. The fourth-order valence-corrected chi connectivity index (χ4v) is 14.1.